The van der Waals surface area contributed by atoms with E-state index in [4.69, 9.17) is 0 Å². The zero-order valence-corrected chi connectivity index (χ0v) is 14.5. The van der Waals surface area contributed by atoms with Gasteiger partial charge in [-0.1, -0.05) is 30.3 Å². The summed E-state index contributed by atoms with van der Waals surface area (Å²) in [4.78, 5) is 14.9. The Morgan fingerprint density at radius 3 is 2.72 bits per heavy atom. The molecule has 4 heteroatoms. The summed E-state index contributed by atoms with van der Waals surface area (Å²) in [6.07, 6.45) is 5.72. The zero-order chi connectivity index (χ0) is 17.1. The summed E-state index contributed by atoms with van der Waals surface area (Å²) in [5.41, 5.74) is 4.66. The molecule has 2 amide bonds. The zero-order valence-electron chi connectivity index (χ0n) is 14.5. The van der Waals surface area contributed by atoms with Crippen molar-refractivity contribution in [3.05, 3.63) is 59.7 Å². The number of hydrogen-bond donors (Lipinski definition) is 2. The van der Waals surface area contributed by atoms with Gasteiger partial charge in [0.15, 0.2) is 0 Å². The molecule has 1 aliphatic carbocycles. The highest BCUT2D eigenvalue weighted by molar-refractivity contribution is 5.90. The average Bonchev–Trinajstić information content (AvgIpc) is 3.17. The van der Waals surface area contributed by atoms with Gasteiger partial charge in [0, 0.05) is 24.5 Å². The number of anilines is 2. The fraction of sp³-hybridized carbons (Fsp3) is 0.381. The first kappa shape index (κ1) is 16.0. The first-order chi connectivity index (χ1) is 12.3. The molecule has 1 heterocycles. The van der Waals surface area contributed by atoms with Crippen molar-refractivity contribution in [3.8, 4) is 0 Å². The van der Waals surface area contributed by atoms with Crippen molar-refractivity contribution < 1.29 is 4.79 Å². The maximum atomic E-state index is 12.5. The van der Waals surface area contributed by atoms with Crippen LogP contribution in [0.5, 0.6) is 0 Å². The number of benzene rings is 2. The second kappa shape index (κ2) is 7.18. The minimum atomic E-state index is -0.125. The van der Waals surface area contributed by atoms with Crippen molar-refractivity contribution in [2.24, 2.45) is 0 Å². The Kier molecular flexibility index (Phi) is 4.59. The average molecular weight is 335 g/mol. The number of hydrogen-bond acceptors (Lipinski definition) is 2. The second-order valence-corrected chi connectivity index (χ2v) is 6.99. The second-order valence-electron chi connectivity index (χ2n) is 6.99. The van der Waals surface area contributed by atoms with E-state index in [9.17, 15) is 4.79 Å². The van der Waals surface area contributed by atoms with Crippen molar-refractivity contribution in [2.75, 3.05) is 23.3 Å². The fourth-order valence-electron chi connectivity index (χ4n) is 3.98. The number of amides is 2. The van der Waals surface area contributed by atoms with Crippen LogP contribution in [0.25, 0.3) is 0 Å². The molecular weight excluding hydrogens is 310 g/mol. The van der Waals surface area contributed by atoms with Crippen LogP contribution in [0.2, 0.25) is 0 Å². The molecule has 1 fully saturated rings. The smallest absolute Gasteiger partial charge is 0.319 e. The molecule has 4 rings (SSSR count). The van der Waals surface area contributed by atoms with E-state index in [-0.39, 0.29) is 12.1 Å². The van der Waals surface area contributed by atoms with Gasteiger partial charge < -0.3 is 15.5 Å². The van der Waals surface area contributed by atoms with Gasteiger partial charge in [-0.15, -0.1) is 0 Å². The van der Waals surface area contributed by atoms with Crippen LogP contribution in [-0.2, 0) is 6.42 Å². The van der Waals surface area contributed by atoms with Gasteiger partial charge in [0.1, 0.15) is 0 Å². The summed E-state index contributed by atoms with van der Waals surface area (Å²) in [6.45, 7) is 2.21. The van der Waals surface area contributed by atoms with Gasteiger partial charge in [-0.05, 0) is 61.4 Å². The molecule has 130 valence electrons. The monoisotopic (exact) mass is 335 g/mol. The highest BCUT2D eigenvalue weighted by atomic mass is 16.2. The summed E-state index contributed by atoms with van der Waals surface area (Å²) in [7, 11) is 0. The van der Waals surface area contributed by atoms with Gasteiger partial charge in [0.25, 0.3) is 0 Å². The fourth-order valence-corrected chi connectivity index (χ4v) is 3.98. The number of carbonyl (C=O) groups is 1. The maximum Gasteiger partial charge on any atom is 0.319 e. The van der Waals surface area contributed by atoms with Crippen LogP contribution in [0.15, 0.2) is 48.5 Å². The molecule has 0 bridgehead atoms. The number of aryl methyl sites for hydroxylation is 1. The highest BCUT2D eigenvalue weighted by Gasteiger charge is 2.21. The lowest BCUT2D eigenvalue weighted by atomic mass is 9.88. The quantitative estimate of drug-likeness (QED) is 0.868. The van der Waals surface area contributed by atoms with Crippen LogP contribution in [-0.4, -0.2) is 19.1 Å². The van der Waals surface area contributed by atoms with Crippen molar-refractivity contribution in [2.45, 2.75) is 38.1 Å². The van der Waals surface area contributed by atoms with Crippen LogP contribution in [0.3, 0.4) is 0 Å². The Morgan fingerprint density at radius 1 is 1.00 bits per heavy atom. The molecule has 25 heavy (non-hydrogen) atoms. The Hall–Kier alpha value is -2.49. The van der Waals surface area contributed by atoms with E-state index in [2.05, 4.69) is 51.9 Å². The summed E-state index contributed by atoms with van der Waals surface area (Å²) in [6, 6.07) is 16.6. The third-order valence-electron chi connectivity index (χ3n) is 5.25. The molecule has 0 radical (unpaired) electrons. The largest absolute Gasteiger partial charge is 0.371 e. The number of carbonyl (C=O) groups excluding carboxylic acids is 1. The van der Waals surface area contributed by atoms with Crippen LogP contribution >= 0.6 is 0 Å². The number of fused-ring (bicyclic) bond motifs is 1. The van der Waals surface area contributed by atoms with E-state index in [1.807, 2.05) is 12.1 Å². The van der Waals surface area contributed by atoms with Gasteiger partial charge in [0.2, 0.25) is 0 Å². The third-order valence-corrected chi connectivity index (χ3v) is 5.25. The number of rotatable bonds is 3. The molecule has 1 atom stereocenters. The Morgan fingerprint density at radius 2 is 1.84 bits per heavy atom. The van der Waals surface area contributed by atoms with Crippen molar-refractivity contribution in [1.29, 1.82) is 0 Å². The molecule has 2 aromatic carbocycles. The summed E-state index contributed by atoms with van der Waals surface area (Å²) in [5, 5.41) is 6.16. The van der Waals surface area contributed by atoms with Crippen LogP contribution in [0.1, 0.15) is 42.9 Å². The molecule has 0 aromatic heterocycles. The Balaban J connectivity index is 1.42. The molecule has 4 nitrogen and oxygen atoms in total. The molecule has 2 aliphatic rings. The van der Waals surface area contributed by atoms with E-state index in [1.54, 1.807) is 0 Å². The SMILES string of the molecule is O=C(Nc1cccc(N2CCCC2)c1)NC1CCCc2ccccc21. The minimum absolute atomic E-state index is 0.103. The van der Waals surface area contributed by atoms with Gasteiger partial charge in [0.05, 0.1) is 6.04 Å². The molecule has 0 spiro atoms. The van der Waals surface area contributed by atoms with Crippen LogP contribution in [0, 0.1) is 0 Å². The van der Waals surface area contributed by atoms with Gasteiger partial charge in [-0.2, -0.15) is 0 Å². The van der Waals surface area contributed by atoms with E-state index < -0.39 is 0 Å². The Bertz CT molecular complexity index is 752. The first-order valence-corrected chi connectivity index (χ1v) is 9.30. The molecule has 1 aliphatic heterocycles. The summed E-state index contributed by atoms with van der Waals surface area (Å²) >= 11 is 0. The molecule has 1 saturated heterocycles. The molecule has 1 unspecified atom stereocenters. The Labute approximate surface area is 149 Å². The molecule has 2 N–H and O–H groups in total. The van der Waals surface area contributed by atoms with Gasteiger partial charge in [-0.3, -0.25) is 0 Å². The number of nitrogens with zero attached hydrogens (tertiary/aromatic N) is 1. The van der Waals surface area contributed by atoms with Crippen LogP contribution < -0.4 is 15.5 Å². The van der Waals surface area contributed by atoms with Gasteiger partial charge >= 0.3 is 6.03 Å². The normalized spacial score (nSPS) is 19.4. The predicted molar refractivity (Wildman–Crippen MR) is 102 cm³/mol. The number of nitrogens with one attached hydrogen (secondary N) is 2. The summed E-state index contributed by atoms with van der Waals surface area (Å²) in [5.74, 6) is 0. The van der Waals surface area contributed by atoms with E-state index in [0.717, 1.165) is 38.0 Å². The number of urea groups is 1. The molecular formula is C21H25N3O. The summed E-state index contributed by atoms with van der Waals surface area (Å²) < 4.78 is 0. The van der Waals surface area contributed by atoms with Crippen molar-refractivity contribution in [3.63, 3.8) is 0 Å². The van der Waals surface area contributed by atoms with Crippen molar-refractivity contribution in [1.82, 2.24) is 5.32 Å². The molecule has 2 aromatic rings. The van der Waals surface area contributed by atoms with E-state index in [1.165, 1.54) is 29.7 Å². The van der Waals surface area contributed by atoms with Crippen LogP contribution in [0.4, 0.5) is 16.2 Å². The first-order valence-electron chi connectivity index (χ1n) is 9.30. The highest BCUT2D eigenvalue weighted by Crippen LogP contribution is 2.29. The minimum Gasteiger partial charge on any atom is -0.371 e. The maximum absolute atomic E-state index is 12.5. The lowest BCUT2D eigenvalue weighted by Crippen LogP contribution is -2.34. The van der Waals surface area contributed by atoms with E-state index in [0.29, 0.717) is 0 Å². The van der Waals surface area contributed by atoms with E-state index >= 15 is 0 Å². The molecule has 0 saturated carbocycles. The standard InChI is InChI=1S/C21H25N3O/c25-21(23-20-12-5-8-16-7-1-2-11-19(16)20)22-17-9-6-10-18(15-17)24-13-3-4-14-24/h1-2,6-7,9-11,15,20H,3-5,8,12-14H2,(H2,22,23,25). The van der Waals surface area contributed by atoms with Gasteiger partial charge in [-0.25, -0.2) is 4.79 Å². The topological polar surface area (TPSA) is 44.4 Å². The third kappa shape index (κ3) is 3.63. The lowest BCUT2D eigenvalue weighted by molar-refractivity contribution is 0.247. The lowest BCUT2D eigenvalue weighted by Gasteiger charge is -2.26. The predicted octanol–water partition coefficient (Wildman–Crippen LogP) is 4.49. The van der Waals surface area contributed by atoms with Crippen molar-refractivity contribution >= 4 is 17.4 Å².